The topological polar surface area (TPSA) is 9.23 Å². The van der Waals surface area contributed by atoms with Crippen molar-refractivity contribution in [3.8, 4) is 0 Å². The van der Waals surface area contributed by atoms with Crippen molar-refractivity contribution in [2.45, 2.75) is 65.1 Å². The van der Waals surface area contributed by atoms with Crippen molar-refractivity contribution < 1.29 is 13.5 Å². The van der Waals surface area contributed by atoms with Gasteiger partial charge < -0.3 is 4.74 Å². The van der Waals surface area contributed by atoms with Gasteiger partial charge in [0, 0.05) is 0 Å². The molecule has 0 radical (unpaired) electrons. The monoisotopic (exact) mass is 346 g/mol. The number of ether oxygens (including phenoxy) is 1. The van der Waals surface area contributed by atoms with Gasteiger partial charge in [0.1, 0.15) is 0 Å². The summed E-state index contributed by atoms with van der Waals surface area (Å²) >= 11 is 0. The van der Waals surface area contributed by atoms with Gasteiger partial charge in [-0.15, -0.1) is 0 Å². The summed E-state index contributed by atoms with van der Waals surface area (Å²) in [5, 5.41) is 0. The molecule has 0 amide bonds. The van der Waals surface area contributed by atoms with E-state index in [0.717, 1.165) is 30.4 Å². The molecule has 0 aliphatic carbocycles. The molecule has 0 fully saturated rings. The second-order valence-corrected chi connectivity index (χ2v) is 6.53. The van der Waals surface area contributed by atoms with Gasteiger partial charge in [0.2, 0.25) is 0 Å². The Morgan fingerprint density at radius 3 is 2.04 bits per heavy atom. The Morgan fingerprint density at radius 1 is 0.880 bits per heavy atom. The number of hydrogen-bond donors (Lipinski definition) is 0. The number of halogens is 2. The maximum atomic E-state index is 14.4. The normalized spacial score (nSPS) is 13.0. The summed E-state index contributed by atoms with van der Waals surface area (Å²) in [6.45, 7) is 5.84. The molecule has 0 N–H and O–H groups in total. The van der Waals surface area contributed by atoms with Crippen molar-refractivity contribution in [3.05, 3.63) is 70.8 Å². The van der Waals surface area contributed by atoms with Crippen LogP contribution in [-0.4, -0.2) is 0 Å². The van der Waals surface area contributed by atoms with E-state index in [1.54, 1.807) is 19.1 Å². The SMILES string of the molecule is CCCCCc1ccc(C(C)OC(F)(F)c2ccc(CC)cc2)cc1. The Bertz CT molecular complexity index is 632. The van der Waals surface area contributed by atoms with Gasteiger partial charge in [-0.05, 0) is 42.9 Å². The molecule has 1 atom stereocenters. The van der Waals surface area contributed by atoms with Crippen molar-refractivity contribution in [2.75, 3.05) is 0 Å². The number of hydrogen-bond acceptors (Lipinski definition) is 1. The summed E-state index contributed by atoms with van der Waals surface area (Å²) in [6.07, 6.45) is 1.45. The van der Waals surface area contributed by atoms with Gasteiger partial charge in [0.05, 0.1) is 11.7 Å². The second-order valence-electron chi connectivity index (χ2n) is 6.53. The molecule has 0 heterocycles. The summed E-state index contributed by atoms with van der Waals surface area (Å²) in [6, 6.07) is 14.2. The molecule has 0 saturated carbocycles. The van der Waals surface area contributed by atoms with Gasteiger partial charge in [-0.2, -0.15) is 8.78 Å². The third-order valence-corrected chi connectivity index (χ3v) is 4.54. The van der Waals surface area contributed by atoms with Gasteiger partial charge in [-0.1, -0.05) is 75.2 Å². The van der Waals surface area contributed by atoms with E-state index in [-0.39, 0.29) is 5.56 Å². The Morgan fingerprint density at radius 2 is 1.48 bits per heavy atom. The van der Waals surface area contributed by atoms with Crippen LogP contribution in [0.4, 0.5) is 8.78 Å². The van der Waals surface area contributed by atoms with Crippen molar-refractivity contribution >= 4 is 0 Å². The minimum absolute atomic E-state index is 0.104. The first-order chi connectivity index (χ1) is 12.0. The summed E-state index contributed by atoms with van der Waals surface area (Å²) in [4.78, 5) is 0. The minimum Gasteiger partial charge on any atom is -0.309 e. The number of alkyl halides is 2. The highest BCUT2D eigenvalue weighted by Gasteiger charge is 2.35. The first kappa shape index (κ1) is 19.6. The molecule has 2 aromatic rings. The molecule has 3 heteroatoms. The molecule has 1 nitrogen and oxygen atoms in total. The highest BCUT2D eigenvalue weighted by atomic mass is 19.3. The molecule has 0 aliphatic rings. The molecule has 0 aromatic heterocycles. The van der Waals surface area contributed by atoms with E-state index in [1.807, 2.05) is 31.2 Å². The fourth-order valence-corrected chi connectivity index (χ4v) is 2.83. The van der Waals surface area contributed by atoms with E-state index < -0.39 is 12.2 Å². The van der Waals surface area contributed by atoms with Crippen LogP contribution < -0.4 is 0 Å². The number of rotatable bonds is 9. The van der Waals surface area contributed by atoms with Gasteiger partial charge in [0.25, 0.3) is 0 Å². The van der Waals surface area contributed by atoms with E-state index in [4.69, 9.17) is 4.74 Å². The third-order valence-electron chi connectivity index (χ3n) is 4.54. The Hall–Kier alpha value is -1.74. The predicted octanol–water partition coefficient (Wildman–Crippen LogP) is 6.81. The quantitative estimate of drug-likeness (QED) is 0.453. The van der Waals surface area contributed by atoms with Crippen molar-refractivity contribution in [3.63, 3.8) is 0 Å². The average Bonchev–Trinajstić information content (AvgIpc) is 2.62. The lowest BCUT2D eigenvalue weighted by Gasteiger charge is -2.22. The first-order valence-corrected chi connectivity index (χ1v) is 9.20. The van der Waals surface area contributed by atoms with E-state index in [0.29, 0.717) is 0 Å². The first-order valence-electron chi connectivity index (χ1n) is 9.20. The number of aryl methyl sites for hydroxylation is 2. The van der Waals surface area contributed by atoms with Crippen LogP contribution in [0.5, 0.6) is 0 Å². The molecular weight excluding hydrogens is 318 g/mol. The Balaban J connectivity index is 2.00. The number of benzene rings is 2. The van der Waals surface area contributed by atoms with E-state index >= 15 is 0 Å². The second kappa shape index (κ2) is 9.10. The van der Waals surface area contributed by atoms with Crippen molar-refractivity contribution in [2.24, 2.45) is 0 Å². The van der Waals surface area contributed by atoms with Gasteiger partial charge in [0.15, 0.2) is 0 Å². The van der Waals surface area contributed by atoms with Crippen LogP contribution in [0.15, 0.2) is 48.5 Å². The fourth-order valence-electron chi connectivity index (χ4n) is 2.83. The maximum Gasteiger partial charge on any atom is 0.383 e. The molecule has 0 saturated heterocycles. The standard InChI is InChI=1S/C22H28F2O/c1-4-6-7-8-19-9-13-20(14-10-19)17(3)25-22(23,24)21-15-11-18(5-2)12-16-21/h9-17H,4-8H2,1-3H3. The Kier molecular flexibility index (Phi) is 7.12. The highest BCUT2D eigenvalue weighted by Crippen LogP contribution is 2.35. The van der Waals surface area contributed by atoms with Crippen LogP contribution in [0, 0.1) is 0 Å². The highest BCUT2D eigenvalue weighted by molar-refractivity contribution is 5.26. The summed E-state index contributed by atoms with van der Waals surface area (Å²) in [5.41, 5.74) is 2.94. The maximum absolute atomic E-state index is 14.4. The molecule has 2 rings (SSSR count). The van der Waals surface area contributed by atoms with Crippen LogP contribution in [0.1, 0.15) is 68.4 Å². The predicted molar refractivity (Wildman–Crippen MR) is 98.9 cm³/mol. The molecule has 136 valence electrons. The van der Waals surface area contributed by atoms with Crippen molar-refractivity contribution in [1.82, 2.24) is 0 Å². The molecule has 25 heavy (non-hydrogen) atoms. The summed E-state index contributed by atoms with van der Waals surface area (Å²) in [5.74, 6) is 0. The molecule has 1 unspecified atom stereocenters. The molecular formula is C22H28F2O. The van der Waals surface area contributed by atoms with Gasteiger partial charge >= 0.3 is 6.11 Å². The lowest BCUT2D eigenvalue weighted by molar-refractivity contribution is -0.272. The largest absolute Gasteiger partial charge is 0.383 e. The minimum atomic E-state index is -3.30. The van der Waals surface area contributed by atoms with Crippen LogP contribution in [0.3, 0.4) is 0 Å². The lowest BCUT2D eigenvalue weighted by Crippen LogP contribution is -2.20. The Labute approximate surface area is 150 Å². The van der Waals surface area contributed by atoms with Gasteiger partial charge in [-0.25, -0.2) is 0 Å². The zero-order valence-corrected chi connectivity index (χ0v) is 15.4. The zero-order chi connectivity index (χ0) is 18.3. The van der Waals surface area contributed by atoms with E-state index in [2.05, 4.69) is 6.92 Å². The van der Waals surface area contributed by atoms with Crippen LogP contribution >= 0.6 is 0 Å². The third kappa shape index (κ3) is 5.64. The van der Waals surface area contributed by atoms with Crippen molar-refractivity contribution in [1.29, 1.82) is 0 Å². The summed E-state index contributed by atoms with van der Waals surface area (Å²) < 4.78 is 33.9. The summed E-state index contributed by atoms with van der Waals surface area (Å²) in [7, 11) is 0. The number of unbranched alkanes of at least 4 members (excludes halogenated alkanes) is 2. The molecule has 0 aliphatic heterocycles. The lowest BCUT2D eigenvalue weighted by atomic mass is 10.0. The zero-order valence-electron chi connectivity index (χ0n) is 15.4. The average molecular weight is 346 g/mol. The van der Waals surface area contributed by atoms with E-state index in [9.17, 15) is 8.78 Å². The van der Waals surface area contributed by atoms with Crippen LogP contribution in [-0.2, 0) is 23.7 Å². The molecule has 0 spiro atoms. The van der Waals surface area contributed by atoms with Gasteiger partial charge in [-0.3, -0.25) is 0 Å². The smallest absolute Gasteiger partial charge is 0.309 e. The van der Waals surface area contributed by atoms with Crippen LogP contribution in [0.25, 0.3) is 0 Å². The van der Waals surface area contributed by atoms with E-state index in [1.165, 1.54) is 30.5 Å². The fraction of sp³-hybridized carbons (Fsp3) is 0.455. The molecule has 2 aromatic carbocycles. The molecule has 0 bridgehead atoms. The van der Waals surface area contributed by atoms with Crippen LogP contribution in [0.2, 0.25) is 0 Å².